The van der Waals surface area contributed by atoms with Gasteiger partial charge in [-0.25, -0.2) is 14.6 Å². The van der Waals surface area contributed by atoms with Crippen molar-refractivity contribution in [3.05, 3.63) is 28.4 Å². The van der Waals surface area contributed by atoms with Gasteiger partial charge in [-0.1, -0.05) is 6.42 Å². The Balaban J connectivity index is 2.21. The van der Waals surface area contributed by atoms with Crippen molar-refractivity contribution in [1.29, 1.82) is 0 Å². The Morgan fingerprint density at radius 1 is 1.62 bits per heavy atom. The van der Waals surface area contributed by atoms with Crippen LogP contribution in [-0.4, -0.2) is 22.6 Å². The first-order valence-corrected chi connectivity index (χ1v) is 5.35. The SMILES string of the molecule is COC(=O)c1cnc(=O)n(CC2CCC2)c1. The van der Waals surface area contributed by atoms with E-state index in [0.29, 0.717) is 18.0 Å². The molecule has 0 radical (unpaired) electrons. The number of aromatic nitrogens is 2. The van der Waals surface area contributed by atoms with Crippen LogP contribution in [0.3, 0.4) is 0 Å². The van der Waals surface area contributed by atoms with Crippen molar-refractivity contribution in [3.8, 4) is 0 Å². The van der Waals surface area contributed by atoms with E-state index < -0.39 is 5.97 Å². The van der Waals surface area contributed by atoms with Crippen molar-refractivity contribution in [3.63, 3.8) is 0 Å². The number of hydrogen-bond acceptors (Lipinski definition) is 4. The molecular formula is C11H14N2O3. The number of rotatable bonds is 3. The van der Waals surface area contributed by atoms with Gasteiger partial charge in [-0.2, -0.15) is 0 Å². The lowest BCUT2D eigenvalue weighted by atomic mass is 9.85. The van der Waals surface area contributed by atoms with Gasteiger partial charge in [0, 0.05) is 18.9 Å². The fourth-order valence-corrected chi connectivity index (χ4v) is 1.76. The molecule has 0 bridgehead atoms. The molecule has 1 aromatic heterocycles. The van der Waals surface area contributed by atoms with Crippen molar-refractivity contribution < 1.29 is 9.53 Å². The first kappa shape index (κ1) is 10.9. The molecule has 0 aliphatic heterocycles. The molecule has 0 spiro atoms. The number of hydrogen-bond donors (Lipinski definition) is 0. The van der Waals surface area contributed by atoms with Crippen LogP contribution in [0.2, 0.25) is 0 Å². The number of ether oxygens (including phenoxy) is 1. The van der Waals surface area contributed by atoms with E-state index in [9.17, 15) is 9.59 Å². The zero-order valence-corrected chi connectivity index (χ0v) is 9.18. The maximum atomic E-state index is 11.5. The third-order valence-corrected chi connectivity index (χ3v) is 2.96. The largest absolute Gasteiger partial charge is 0.465 e. The minimum absolute atomic E-state index is 0.306. The molecule has 86 valence electrons. The second kappa shape index (κ2) is 4.47. The third kappa shape index (κ3) is 2.13. The molecule has 1 fully saturated rings. The monoisotopic (exact) mass is 222 g/mol. The summed E-state index contributed by atoms with van der Waals surface area (Å²) in [5.41, 5.74) is 0.0148. The highest BCUT2D eigenvalue weighted by Crippen LogP contribution is 2.27. The summed E-state index contributed by atoms with van der Waals surface area (Å²) >= 11 is 0. The lowest BCUT2D eigenvalue weighted by Gasteiger charge is -2.25. The minimum Gasteiger partial charge on any atom is -0.465 e. The van der Waals surface area contributed by atoms with E-state index in [1.54, 1.807) is 0 Å². The summed E-state index contributed by atoms with van der Waals surface area (Å²) in [6.45, 7) is 0.649. The van der Waals surface area contributed by atoms with E-state index in [4.69, 9.17) is 0 Å². The number of methoxy groups -OCH3 is 1. The van der Waals surface area contributed by atoms with Crippen molar-refractivity contribution in [2.75, 3.05) is 7.11 Å². The van der Waals surface area contributed by atoms with E-state index in [0.717, 1.165) is 12.8 Å². The van der Waals surface area contributed by atoms with Crippen LogP contribution >= 0.6 is 0 Å². The fraction of sp³-hybridized carbons (Fsp3) is 0.545. The number of nitrogens with zero attached hydrogens (tertiary/aromatic N) is 2. The van der Waals surface area contributed by atoms with E-state index in [2.05, 4.69) is 9.72 Å². The second-order valence-electron chi connectivity index (χ2n) is 4.07. The molecule has 5 heteroatoms. The standard InChI is InChI=1S/C11H14N2O3/c1-16-10(14)9-5-12-11(15)13(7-9)6-8-3-2-4-8/h5,7-8H,2-4,6H2,1H3. The normalized spacial score (nSPS) is 15.6. The average Bonchev–Trinajstić information content (AvgIpc) is 2.24. The molecule has 0 N–H and O–H groups in total. The van der Waals surface area contributed by atoms with Gasteiger partial charge in [-0.15, -0.1) is 0 Å². The average molecular weight is 222 g/mol. The van der Waals surface area contributed by atoms with Gasteiger partial charge in [-0.3, -0.25) is 4.57 Å². The van der Waals surface area contributed by atoms with Crippen molar-refractivity contribution in [2.45, 2.75) is 25.8 Å². The zero-order chi connectivity index (χ0) is 11.5. The van der Waals surface area contributed by atoms with Gasteiger partial charge in [0.25, 0.3) is 0 Å². The highest BCUT2D eigenvalue weighted by Gasteiger charge is 2.19. The van der Waals surface area contributed by atoms with Crippen LogP contribution in [0.4, 0.5) is 0 Å². The van der Waals surface area contributed by atoms with Crippen molar-refractivity contribution >= 4 is 5.97 Å². The second-order valence-corrected chi connectivity index (χ2v) is 4.07. The third-order valence-electron chi connectivity index (χ3n) is 2.96. The van der Waals surface area contributed by atoms with Crippen molar-refractivity contribution in [2.24, 2.45) is 5.92 Å². The van der Waals surface area contributed by atoms with Crippen LogP contribution in [0.5, 0.6) is 0 Å². The highest BCUT2D eigenvalue weighted by atomic mass is 16.5. The van der Waals surface area contributed by atoms with Gasteiger partial charge in [0.05, 0.1) is 12.7 Å². The molecule has 2 rings (SSSR count). The van der Waals surface area contributed by atoms with Gasteiger partial charge >= 0.3 is 11.7 Å². The molecule has 5 nitrogen and oxygen atoms in total. The van der Waals surface area contributed by atoms with E-state index in [1.165, 1.54) is 30.5 Å². The van der Waals surface area contributed by atoms with Gasteiger partial charge < -0.3 is 4.74 Å². The molecular weight excluding hydrogens is 208 g/mol. The topological polar surface area (TPSA) is 61.2 Å². The van der Waals surface area contributed by atoms with Gasteiger partial charge in [-0.05, 0) is 18.8 Å². The molecule has 0 saturated heterocycles. The Bertz CT molecular complexity index is 449. The van der Waals surface area contributed by atoms with Gasteiger partial charge in [0.2, 0.25) is 0 Å². The van der Waals surface area contributed by atoms with Crippen LogP contribution in [0.25, 0.3) is 0 Å². The lowest BCUT2D eigenvalue weighted by Crippen LogP contribution is -2.29. The quantitative estimate of drug-likeness (QED) is 0.711. The number of esters is 1. The molecule has 1 aromatic rings. The predicted molar refractivity (Wildman–Crippen MR) is 57.2 cm³/mol. The van der Waals surface area contributed by atoms with Crippen molar-refractivity contribution in [1.82, 2.24) is 9.55 Å². The fourth-order valence-electron chi connectivity index (χ4n) is 1.76. The van der Waals surface area contributed by atoms with Crippen LogP contribution in [0, 0.1) is 5.92 Å². The molecule has 1 saturated carbocycles. The molecule has 0 unspecified atom stereocenters. The Morgan fingerprint density at radius 2 is 2.38 bits per heavy atom. The summed E-state index contributed by atoms with van der Waals surface area (Å²) in [5.74, 6) is 0.0854. The zero-order valence-electron chi connectivity index (χ0n) is 9.18. The van der Waals surface area contributed by atoms with E-state index >= 15 is 0 Å². The van der Waals surface area contributed by atoms with E-state index in [1.807, 2.05) is 0 Å². The maximum absolute atomic E-state index is 11.5. The Hall–Kier alpha value is -1.65. The lowest BCUT2D eigenvalue weighted by molar-refractivity contribution is 0.0598. The first-order chi connectivity index (χ1) is 7.70. The number of carbonyl (C=O) groups excluding carboxylic acids is 1. The molecule has 0 aromatic carbocycles. The summed E-state index contributed by atoms with van der Waals surface area (Å²) < 4.78 is 6.08. The Morgan fingerprint density at radius 3 is 2.94 bits per heavy atom. The van der Waals surface area contributed by atoms with Crippen LogP contribution in [0.15, 0.2) is 17.2 Å². The van der Waals surface area contributed by atoms with Crippen LogP contribution in [0.1, 0.15) is 29.6 Å². The summed E-state index contributed by atoms with van der Waals surface area (Å²) in [6, 6.07) is 0. The predicted octanol–water partition coefficient (Wildman–Crippen LogP) is 0.830. The molecule has 1 heterocycles. The summed E-state index contributed by atoms with van der Waals surface area (Å²) in [6.07, 6.45) is 6.30. The molecule has 0 amide bonds. The summed E-state index contributed by atoms with van der Waals surface area (Å²) in [4.78, 5) is 26.4. The van der Waals surface area contributed by atoms with Crippen LogP contribution < -0.4 is 5.69 Å². The van der Waals surface area contributed by atoms with Gasteiger partial charge in [0.15, 0.2) is 0 Å². The smallest absolute Gasteiger partial charge is 0.347 e. The Kier molecular flexibility index (Phi) is 3.03. The molecule has 1 aliphatic carbocycles. The summed E-state index contributed by atoms with van der Waals surface area (Å²) in [7, 11) is 1.31. The molecule has 16 heavy (non-hydrogen) atoms. The minimum atomic E-state index is -0.463. The molecule has 1 aliphatic rings. The van der Waals surface area contributed by atoms with Crippen LogP contribution in [-0.2, 0) is 11.3 Å². The molecule has 0 atom stereocenters. The number of carbonyl (C=O) groups is 1. The maximum Gasteiger partial charge on any atom is 0.347 e. The highest BCUT2D eigenvalue weighted by molar-refractivity contribution is 5.88. The van der Waals surface area contributed by atoms with Gasteiger partial charge in [0.1, 0.15) is 0 Å². The van der Waals surface area contributed by atoms with E-state index in [-0.39, 0.29) is 5.69 Å². The summed E-state index contributed by atoms with van der Waals surface area (Å²) in [5, 5.41) is 0. The Labute approximate surface area is 93.1 Å². The first-order valence-electron chi connectivity index (χ1n) is 5.35.